The molecular weight excluding hydrogens is 374 g/mol. The Bertz CT molecular complexity index is 703. The molecule has 146 valence electrons. The van der Waals surface area contributed by atoms with E-state index < -0.39 is 10.0 Å². The molecule has 1 atom stereocenters. The van der Waals surface area contributed by atoms with Crippen molar-refractivity contribution in [3.8, 4) is 0 Å². The Balaban J connectivity index is 0.00000243. The fraction of sp³-hybridized carbons (Fsp3) is 0.611. The van der Waals surface area contributed by atoms with E-state index in [1.54, 1.807) is 16.4 Å². The van der Waals surface area contributed by atoms with Crippen molar-refractivity contribution in [1.82, 2.24) is 9.21 Å². The summed E-state index contributed by atoms with van der Waals surface area (Å²) in [7, 11) is -3.37. The SMILES string of the molecule is Cl.NC1CCCN(C(=O)CCc2ccc(S(=O)(=O)N3CCCC3)cc2)C1. The molecule has 0 saturated carbocycles. The van der Waals surface area contributed by atoms with E-state index in [0.29, 0.717) is 37.4 Å². The van der Waals surface area contributed by atoms with Crippen LogP contribution in [0.25, 0.3) is 0 Å². The third-order valence-corrected chi connectivity index (χ3v) is 6.98. The first-order chi connectivity index (χ1) is 12.0. The summed E-state index contributed by atoms with van der Waals surface area (Å²) in [5.41, 5.74) is 6.91. The predicted octanol–water partition coefficient (Wildman–Crippen LogP) is 1.78. The quantitative estimate of drug-likeness (QED) is 0.815. The second-order valence-corrected chi connectivity index (χ2v) is 8.94. The molecule has 2 heterocycles. The predicted molar refractivity (Wildman–Crippen MR) is 104 cm³/mol. The molecule has 0 aromatic heterocycles. The lowest BCUT2D eigenvalue weighted by molar-refractivity contribution is -0.132. The molecule has 0 bridgehead atoms. The maximum absolute atomic E-state index is 12.5. The van der Waals surface area contributed by atoms with Crippen LogP contribution in [0, 0.1) is 0 Å². The molecule has 2 N–H and O–H groups in total. The molecule has 1 amide bonds. The van der Waals surface area contributed by atoms with Crippen molar-refractivity contribution < 1.29 is 13.2 Å². The molecule has 1 aromatic rings. The highest BCUT2D eigenvalue weighted by Gasteiger charge is 2.27. The molecule has 2 saturated heterocycles. The van der Waals surface area contributed by atoms with Crippen LogP contribution >= 0.6 is 12.4 Å². The van der Waals surface area contributed by atoms with E-state index in [-0.39, 0.29) is 24.4 Å². The van der Waals surface area contributed by atoms with Crippen molar-refractivity contribution in [2.45, 2.75) is 49.5 Å². The largest absolute Gasteiger partial charge is 0.341 e. The second kappa shape index (κ2) is 9.17. The molecule has 1 aromatic carbocycles. The van der Waals surface area contributed by atoms with Gasteiger partial charge in [-0.25, -0.2) is 8.42 Å². The van der Waals surface area contributed by atoms with Gasteiger partial charge < -0.3 is 10.6 Å². The minimum Gasteiger partial charge on any atom is -0.341 e. The van der Waals surface area contributed by atoms with E-state index in [9.17, 15) is 13.2 Å². The number of amides is 1. The number of nitrogens with two attached hydrogens (primary N) is 1. The first-order valence-corrected chi connectivity index (χ1v) is 10.5. The number of rotatable bonds is 5. The maximum Gasteiger partial charge on any atom is 0.243 e. The van der Waals surface area contributed by atoms with E-state index >= 15 is 0 Å². The highest BCUT2D eigenvalue weighted by Crippen LogP contribution is 2.21. The Morgan fingerprint density at radius 3 is 2.35 bits per heavy atom. The Labute approximate surface area is 162 Å². The van der Waals surface area contributed by atoms with Crippen LogP contribution in [0.1, 0.15) is 37.7 Å². The van der Waals surface area contributed by atoms with E-state index in [4.69, 9.17) is 5.73 Å². The van der Waals surface area contributed by atoms with Gasteiger partial charge in [-0.1, -0.05) is 12.1 Å². The molecule has 3 rings (SSSR count). The Morgan fingerprint density at radius 2 is 1.73 bits per heavy atom. The zero-order valence-electron chi connectivity index (χ0n) is 15.0. The van der Waals surface area contributed by atoms with Gasteiger partial charge >= 0.3 is 0 Å². The summed E-state index contributed by atoms with van der Waals surface area (Å²) in [4.78, 5) is 14.5. The van der Waals surface area contributed by atoms with Crippen molar-refractivity contribution >= 4 is 28.3 Å². The normalized spacial score (nSPS) is 21.4. The van der Waals surface area contributed by atoms with Gasteiger partial charge in [0, 0.05) is 38.6 Å². The minimum absolute atomic E-state index is 0. The third kappa shape index (κ3) is 4.97. The highest BCUT2D eigenvalue weighted by molar-refractivity contribution is 7.89. The minimum atomic E-state index is -3.37. The number of halogens is 1. The number of carbonyl (C=O) groups excluding carboxylic acids is 1. The van der Waals surface area contributed by atoms with Crippen LogP contribution < -0.4 is 5.73 Å². The summed E-state index contributed by atoms with van der Waals surface area (Å²) in [6.45, 7) is 2.65. The number of likely N-dealkylation sites (tertiary alicyclic amines) is 1. The number of hydrogen-bond acceptors (Lipinski definition) is 4. The first kappa shape index (κ1) is 21.2. The van der Waals surface area contributed by atoms with Crippen LogP contribution in [0.2, 0.25) is 0 Å². The molecule has 0 aliphatic carbocycles. The topological polar surface area (TPSA) is 83.7 Å². The van der Waals surface area contributed by atoms with Gasteiger partial charge in [-0.05, 0) is 49.8 Å². The molecule has 6 nitrogen and oxygen atoms in total. The van der Waals surface area contributed by atoms with Crippen molar-refractivity contribution in [2.75, 3.05) is 26.2 Å². The summed E-state index contributed by atoms with van der Waals surface area (Å²) in [6.07, 6.45) is 4.87. The molecule has 2 aliphatic rings. The van der Waals surface area contributed by atoms with E-state index in [1.807, 2.05) is 17.0 Å². The summed E-state index contributed by atoms with van der Waals surface area (Å²) in [5, 5.41) is 0. The number of carbonyl (C=O) groups is 1. The van der Waals surface area contributed by atoms with Crippen LogP contribution in [0.4, 0.5) is 0 Å². The van der Waals surface area contributed by atoms with E-state index in [1.165, 1.54) is 0 Å². The standard InChI is InChI=1S/C18H27N3O3S.ClH/c19-16-4-3-11-20(14-16)18(22)10-7-15-5-8-17(9-6-15)25(23,24)21-12-1-2-13-21;/h5-6,8-9,16H,1-4,7,10-14,19H2;1H. The molecule has 26 heavy (non-hydrogen) atoms. The lowest BCUT2D eigenvalue weighted by Crippen LogP contribution is -2.45. The lowest BCUT2D eigenvalue weighted by Gasteiger charge is -2.30. The summed E-state index contributed by atoms with van der Waals surface area (Å²) < 4.78 is 26.6. The van der Waals surface area contributed by atoms with Gasteiger partial charge in [-0.3, -0.25) is 4.79 Å². The van der Waals surface area contributed by atoms with Crippen LogP contribution in [0.3, 0.4) is 0 Å². The Hall–Kier alpha value is -1.15. The molecule has 0 spiro atoms. The van der Waals surface area contributed by atoms with Gasteiger partial charge in [0.1, 0.15) is 0 Å². The lowest BCUT2D eigenvalue weighted by atomic mass is 10.0. The first-order valence-electron chi connectivity index (χ1n) is 9.09. The summed E-state index contributed by atoms with van der Waals surface area (Å²) in [5.74, 6) is 0.129. The number of piperidine rings is 1. The monoisotopic (exact) mass is 401 g/mol. The van der Waals surface area contributed by atoms with E-state index in [2.05, 4.69) is 0 Å². The van der Waals surface area contributed by atoms with Gasteiger partial charge in [-0.2, -0.15) is 4.31 Å². The van der Waals surface area contributed by atoms with Gasteiger partial charge in [0.25, 0.3) is 0 Å². The van der Waals surface area contributed by atoms with Gasteiger partial charge in [-0.15, -0.1) is 12.4 Å². The average Bonchev–Trinajstić information content (AvgIpc) is 3.15. The zero-order chi connectivity index (χ0) is 17.9. The van der Waals surface area contributed by atoms with Crippen LogP contribution in [0.15, 0.2) is 29.2 Å². The molecule has 1 unspecified atom stereocenters. The highest BCUT2D eigenvalue weighted by atomic mass is 35.5. The average molecular weight is 402 g/mol. The number of benzene rings is 1. The molecule has 0 radical (unpaired) electrons. The van der Waals surface area contributed by atoms with Gasteiger partial charge in [0.2, 0.25) is 15.9 Å². The summed E-state index contributed by atoms with van der Waals surface area (Å²) >= 11 is 0. The second-order valence-electron chi connectivity index (χ2n) is 7.00. The molecule has 2 aliphatic heterocycles. The van der Waals surface area contributed by atoms with Crippen molar-refractivity contribution in [3.63, 3.8) is 0 Å². The Morgan fingerprint density at radius 1 is 1.08 bits per heavy atom. The van der Waals surface area contributed by atoms with Crippen LogP contribution in [-0.2, 0) is 21.2 Å². The number of aryl methyl sites for hydroxylation is 1. The zero-order valence-corrected chi connectivity index (χ0v) is 16.6. The van der Waals surface area contributed by atoms with E-state index in [0.717, 1.165) is 37.8 Å². The van der Waals surface area contributed by atoms with Gasteiger partial charge in [0.05, 0.1) is 4.90 Å². The number of nitrogens with zero attached hydrogens (tertiary/aromatic N) is 2. The molecule has 2 fully saturated rings. The van der Waals surface area contributed by atoms with Crippen molar-refractivity contribution in [1.29, 1.82) is 0 Å². The smallest absolute Gasteiger partial charge is 0.243 e. The maximum atomic E-state index is 12.5. The fourth-order valence-corrected chi connectivity index (χ4v) is 5.07. The van der Waals surface area contributed by atoms with Crippen molar-refractivity contribution in [3.05, 3.63) is 29.8 Å². The number of hydrogen-bond donors (Lipinski definition) is 1. The third-order valence-electron chi connectivity index (χ3n) is 5.06. The molecular formula is C18H28ClN3O3S. The summed E-state index contributed by atoms with van der Waals surface area (Å²) in [6, 6.07) is 7.04. The van der Waals surface area contributed by atoms with Gasteiger partial charge in [0.15, 0.2) is 0 Å². The number of sulfonamides is 1. The van der Waals surface area contributed by atoms with Crippen LogP contribution in [-0.4, -0.2) is 55.8 Å². The Kier molecular flexibility index (Phi) is 7.46. The van der Waals surface area contributed by atoms with Crippen LogP contribution in [0.5, 0.6) is 0 Å². The fourth-order valence-electron chi connectivity index (χ4n) is 3.55. The van der Waals surface area contributed by atoms with Crippen molar-refractivity contribution in [2.24, 2.45) is 5.73 Å². The molecule has 8 heteroatoms.